The zero-order valence-electron chi connectivity index (χ0n) is 12.8. The van der Waals surface area contributed by atoms with Crippen molar-refractivity contribution in [3.63, 3.8) is 0 Å². The molecule has 1 heterocycles. The zero-order chi connectivity index (χ0) is 17.3. The predicted octanol–water partition coefficient (Wildman–Crippen LogP) is 2.27. The van der Waals surface area contributed by atoms with Crippen molar-refractivity contribution in [1.82, 2.24) is 0 Å². The summed E-state index contributed by atoms with van der Waals surface area (Å²) >= 11 is 0. The number of benzene rings is 2. The molecule has 0 aliphatic carbocycles. The number of nitrogens with one attached hydrogen (secondary N) is 1. The van der Waals surface area contributed by atoms with Gasteiger partial charge >= 0.3 is 5.97 Å². The van der Waals surface area contributed by atoms with Crippen molar-refractivity contribution < 1.29 is 27.8 Å². The minimum absolute atomic E-state index is 0.0358. The molecule has 1 aliphatic heterocycles. The summed E-state index contributed by atoms with van der Waals surface area (Å²) in [6, 6.07) is 8.79. The Bertz CT molecular complexity index is 907. The van der Waals surface area contributed by atoms with Crippen LogP contribution in [-0.4, -0.2) is 32.7 Å². The van der Waals surface area contributed by atoms with Gasteiger partial charge in [-0.15, -0.1) is 0 Å². The van der Waals surface area contributed by atoms with Gasteiger partial charge in [-0.3, -0.25) is 4.72 Å². The molecule has 0 saturated carbocycles. The van der Waals surface area contributed by atoms with Gasteiger partial charge in [0.25, 0.3) is 10.0 Å². The average Bonchev–Trinajstić information content (AvgIpc) is 2.56. The van der Waals surface area contributed by atoms with Crippen LogP contribution in [0, 0.1) is 6.92 Å². The maximum atomic E-state index is 12.6. The van der Waals surface area contributed by atoms with Crippen LogP contribution in [0.5, 0.6) is 11.5 Å². The van der Waals surface area contributed by atoms with E-state index in [0.29, 0.717) is 30.3 Å². The number of hydrogen-bond donors (Lipinski definition) is 2. The van der Waals surface area contributed by atoms with Crippen LogP contribution < -0.4 is 14.2 Å². The predicted molar refractivity (Wildman–Crippen MR) is 86.4 cm³/mol. The Morgan fingerprint density at radius 1 is 1.12 bits per heavy atom. The second-order valence-corrected chi connectivity index (χ2v) is 6.90. The molecule has 0 unspecified atom stereocenters. The molecular weight excluding hydrogens is 334 g/mol. The number of anilines is 1. The Kier molecular flexibility index (Phi) is 4.06. The van der Waals surface area contributed by atoms with Crippen LogP contribution in [0.1, 0.15) is 15.9 Å². The Labute approximate surface area is 138 Å². The molecular formula is C16H15NO6S. The third kappa shape index (κ3) is 3.00. The van der Waals surface area contributed by atoms with Gasteiger partial charge in [0.1, 0.15) is 13.2 Å². The first-order valence-corrected chi connectivity index (χ1v) is 8.62. The van der Waals surface area contributed by atoms with Crippen LogP contribution in [0.2, 0.25) is 0 Å². The van der Waals surface area contributed by atoms with Crippen LogP contribution >= 0.6 is 0 Å². The second kappa shape index (κ2) is 6.04. The third-order valence-electron chi connectivity index (χ3n) is 3.56. The number of aromatic carboxylic acids is 1. The molecule has 0 atom stereocenters. The van der Waals surface area contributed by atoms with E-state index in [9.17, 15) is 18.3 Å². The van der Waals surface area contributed by atoms with Crippen LogP contribution in [0.4, 0.5) is 5.69 Å². The Morgan fingerprint density at radius 2 is 1.83 bits per heavy atom. The van der Waals surface area contributed by atoms with E-state index in [1.807, 2.05) is 0 Å². The number of fused-ring (bicyclic) bond motifs is 1. The number of para-hydroxylation sites is 1. The molecule has 2 aromatic carbocycles. The third-order valence-corrected chi connectivity index (χ3v) is 4.91. The van der Waals surface area contributed by atoms with Gasteiger partial charge in [-0.05, 0) is 30.7 Å². The molecule has 3 rings (SSSR count). The molecule has 0 bridgehead atoms. The molecule has 7 nitrogen and oxygen atoms in total. The highest BCUT2D eigenvalue weighted by Crippen LogP contribution is 2.33. The molecule has 0 fully saturated rings. The smallest absolute Gasteiger partial charge is 0.337 e. The van der Waals surface area contributed by atoms with Gasteiger partial charge in [-0.25, -0.2) is 13.2 Å². The standard InChI is InChI=1S/C16H15NO6S/c1-10-3-2-4-12(16(18)19)15(10)17-24(20,21)11-5-6-13-14(9-11)23-8-7-22-13/h2-6,9,17H,7-8H2,1H3,(H,18,19). The van der Waals surface area contributed by atoms with Gasteiger partial charge in [0.15, 0.2) is 11.5 Å². The van der Waals surface area contributed by atoms with Gasteiger partial charge in [0, 0.05) is 6.07 Å². The maximum Gasteiger partial charge on any atom is 0.337 e. The number of ether oxygens (including phenoxy) is 2. The lowest BCUT2D eigenvalue weighted by Gasteiger charge is -2.19. The quantitative estimate of drug-likeness (QED) is 0.878. The van der Waals surface area contributed by atoms with E-state index < -0.39 is 16.0 Å². The first kappa shape index (κ1) is 16.1. The fraction of sp³-hybridized carbons (Fsp3) is 0.188. The summed E-state index contributed by atoms with van der Waals surface area (Å²) in [5.74, 6) is -0.395. The molecule has 2 aromatic rings. The van der Waals surface area contributed by atoms with Crippen LogP contribution in [0.3, 0.4) is 0 Å². The molecule has 0 aromatic heterocycles. The van der Waals surface area contributed by atoms with E-state index in [1.54, 1.807) is 19.1 Å². The van der Waals surface area contributed by atoms with Crippen molar-refractivity contribution in [2.75, 3.05) is 17.9 Å². The van der Waals surface area contributed by atoms with E-state index in [1.165, 1.54) is 24.3 Å². The first-order chi connectivity index (χ1) is 11.4. The van der Waals surface area contributed by atoms with Crippen molar-refractivity contribution in [1.29, 1.82) is 0 Å². The van der Waals surface area contributed by atoms with E-state index in [2.05, 4.69) is 4.72 Å². The lowest BCUT2D eigenvalue weighted by Crippen LogP contribution is -2.18. The summed E-state index contributed by atoms with van der Waals surface area (Å²) in [7, 11) is -3.97. The van der Waals surface area contributed by atoms with E-state index in [4.69, 9.17) is 9.47 Å². The average molecular weight is 349 g/mol. The Hall–Kier alpha value is -2.74. The number of rotatable bonds is 4. The lowest BCUT2D eigenvalue weighted by atomic mass is 10.1. The minimum atomic E-state index is -3.97. The normalized spacial score (nSPS) is 13.4. The van der Waals surface area contributed by atoms with Gasteiger partial charge < -0.3 is 14.6 Å². The molecule has 0 radical (unpaired) electrons. The summed E-state index contributed by atoms with van der Waals surface area (Å²) in [6.45, 7) is 2.38. The van der Waals surface area contributed by atoms with Gasteiger partial charge in [0.05, 0.1) is 16.1 Å². The van der Waals surface area contributed by atoms with Crippen LogP contribution in [0.25, 0.3) is 0 Å². The van der Waals surface area contributed by atoms with Crippen molar-refractivity contribution in [3.8, 4) is 11.5 Å². The van der Waals surface area contributed by atoms with Gasteiger partial charge in [0.2, 0.25) is 0 Å². The molecule has 2 N–H and O–H groups in total. The van der Waals surface area contributed by atoms with Crippen molar-refractivity contribution in [2.45, 2.75) is 11.8 Å². The highest BCUT2D eigenvalue weighted by molar-refractivity contribution is 7.92. The molecule has 24 heavy (non-hydrogen) atoms. The van der Waals surface area contributed by atoms with Crippen molar-refractivity contribution in [2.24, 2.45) is 0 Å². The fourth-order valence-corrected chi connectivity index (χ4v) is 3.53. The van der Waals surface area contributed by atoms with Crippen molar-refractivity contribution >= 4 is 21.7 Å². The van der Waals surface area contributed by atoms with Crippen LogP contribution in [-0.2, 0) is 10.0 Å². The summed E-state index contributed by atoms with van der Waals surface area (Å²) < 4.78 is 38.3. The number of sulfonamides is 1. The van der Waals surface area contributed by atoms with Crippen LogP contribution in [0.15, 0.2) is 41.3 Å². The lowest BCUT2D eigenvalue weighted by molar-refractivity contribution is 0.0698. The number of hydrogen-bond acceptors (Lipinski definition) is 5. The zero-order valence-corrected chi connectivity index (χ0v) is 13.6. The highest BCUT2D eigenvalue weighted by Gasteiger charge is 2.22. The topological polar surface area (TPSA) is 102 Å². The monoisotopic (exact) mass is 349 g/mol. The molecule has 0 spiro atoms. The number of carboxylic acids is 1. The Balaban J connectivity index is 2.00. The first-order valence-electron chi connectivity index (χ1n) is 7.14. The number of carboxylic acid groups (broad SMARTS) is 1. The minimum Gasteiger partial charge on any atom is -0.486 e. The van der Waals surface area contributed by atoms with Gasteiger partial charge in [-0.2, -0.15) is 0 Å². The number of carbonyl (C=O) groups is 1. The molecule has 8 heteroatoms. The number of aryl methyl sites for hydroxylation is 1. The second-order valence-electron chi connectivity index (χ2n) is 5.21. The summed E-state index contributed by atoms with van der Waals surface area (Å²) in [6.07, 6.45) is 0. The molecule has 1 aliphatic rings. The Morgan fingerprint density at radius 3 is 2.54 bits per heavy atom. The van der Waals surface area contributed by atoms with E-state index in [0.717, 1.165) is 0 Å². The SMILES string of the molecule is Cc1cccc(C(=O)O)c1NS(=O)(=O)c1ccc2c(c1)OCCO2. The van der Waals surface area contributed by atoms with Gasteiger partial charge in [-0.1, -0.05) is 12.1 Å². The largest absolute Gasteiger partial charge is 0.486 e. The molecule has 126 valence electrons. The van der Waals surface area contributed by atoms with E-state index >= 15 is 0 Å². The summed E-state index contributed by atoms with van der Waals surface area (Å²) in [5, 5.41) is 9.24. The van der Waals surface area contributed by atoms with Crippen molar-refractivity contribution in [3.05, 3.63) is 47.5 Å². The molecule has 0 saturated heterocycles. The fourth-order valence-electron chi connectivity index (χ4n) is 2.37. The van der Waals surface area contributed by atoms with E-state index in [-0.39, 0.29) is 16.1 Å². The highest BCUT2D eigenvalue weighted by atomic mass is 32.2. The summed E-state index contributed by atoms with van der Waals surface area (Å²) in [4.78, 5) is 11.3. The maximum absolute atomic E-state index is 12.6. The molecule has 0 amide bonds. The summed E-state index contributed by atoms with van der Waals surface area (Å²) in [5.41, 5.74) is 0.437.